The lowest BCUT2D eigenvalue weighted by Gasteiger charge is -2.23. The van der Waals surface area contributed by atoms with Crippen molar-refractivity contribution in [1.29, 1.82) is 0 Å². The van der Waals surface area contributed by atoms with E-state index in [1.807, 2.05) is 58.0 Å². The van der Waals surface area contributed by atoms with Crippen molar-refractivity contribution in [2.45, 2.75) is 46.2 Å². The number of hydrogen-bond donors (Lipinski definition) is 0. The molecule has 0 saturated heterocycles. The summed E-state index contributed by atoms with van der Waals surface area (Å²) in [5, 5.41) is 0. The second kappa shape index (κ2) is 6.58. The van der Waals surface area contributed by atoms with Crippen LogP contribution in [0.2, 0.25) is 0 Å². The SMILES string of the molecule is C=Cc1ccc(C(OC(C)C)OC(C)C)cc1. The fourth-order valence-electron chi connectivity index (χ4n) is 1.47. The van der Waals surface area contributed by atoms with E-state index in [4.69, 9.17) is 9.47 Å². The maximum absolute atomic E-state index is 5.77. The average Bonchev–Trinajstić information content (AvgIpc) is 2.27. The molecule has 0 fully saturated rings. The molecule has 0 amide bonds. The van der Waals surface area contributed by atoms with Crippen molar-refractivity contribution in [2.24, 2.45) is 0 Å². The molecule has 0 N–H and O–H groups in total. The van der Waals surface area contributed by atoms with E-state index < -0.39 is 0 Å². The third-order valence-corrected chi connectivity index (χ3v) is 2.24. The van der Waals surface area contributed by atoms with Gasteiger partial charge in [-0.1, -0.05) is 36.9 Å². The first-order valence-corrected chi connectivity index (χ1v) is 6.06. The highest BCUT2D eigenvalue weighted by molar-refractivity contribution is 5.47. The van der Waals surface area contributed by atoms with Crippen molar-refractivity contribution in [2.75, 3.05) is 0 Å². The van der Waals surface area contributed by atoms with Crippen LogP contribution in [-0.4, -0.2) is 12.2 Å². The Labute approximate surface area is 104 Å². The maximum atomic E-state index is 5.77. The lowest BCUT2D eigenvalue weighted by Crippen LogP contribution is -2.17. The van der Waals surface area contributed by atoms with Gasteiger partial charge in [-0.15, -0.1) is 0 Å². The van der Waals surface area contributed by atoms with E-state index in [1.165, 1.54) is 0 Å². The van der Waals surface area contributed by atoms with Crippen molar-refractivity contribution in [3.05, 3.63) is 42.0 Å². The smallest absolute Gasteiger partial charge is 0.184 e. The Morgan fingerprint density at radius 3 is 1.76 bits per heavy atom. The molecule has 17 heavy (non-hydrogen) atoms. The Morgan fingerprint density at radius 2 is 1.41 bits per heavy atom. The fraction of sp³-hybridized carbons (Fsp3) is 0.467. The second-order valence-corrected chi connectivity index (χ2v) is 4.57. The summed E-state index contributed by atoms with van der Waals surface area (Å²) in [6.45, 7) is 11.8. The van der Waals surface area contributed by atoms with Gasteiger partial charge in [0, 0.05) is 5.56 Å². The molecule has 2 nitrogen and oxygen atoms in total. The summed E-state index contributed by atoms with van der Waals surface area (Å²) < 4.78 is 11.5. The molecule has 0 unspecified atom stereocenters. The summed E-state index contributed by atoms with van der Waals surface area (Å²) in [5.41, 5.74) is 2.14. The zero-order valence-electron chi connectivity index (χ0n) is 11.1. The molecule has 1 rings (SSSR count). The zero-order valence-corrected chi connectivity index (χ0v) is 11.1. The van der Waals surface area contributed by atoms with Crippen LogP contribution >= 0.6 is 0 Å². The van der Waals surface area contributed by atoms with E-state index in [2.05, 4.69) is 6.58 Å². The van der Waals surface area contributed by atoms with Gasteiger partial charge in [0.05, 0.1) is 12.2 Å². The number of rotatable bonds is 6. The van der Waals surface area contributed by atoms with Crippen LogP contribution < -0.4 is 0 Å². The minimum absolute atomic E-state index is 0.137. The Balaban J connectivity index is 2.83. The van der Waals surface area contributed by atoms with Crippen molar-refractivity contribution in [3.63, 3.8) is 0 Å². The van der Waals surface area contributed by atoms with Gasteiger partial charge in [0.2, 0.25) is 0 Å². The monoisotopic (exact) mass is 234 g/mol. The van der Waals surface area contributed by atoms with Gasteiger partial charge in [-0.05, 0) is 33.3 Å². The Bertz CT molecular complexity index is 328. The first-order valence-electron chi connectivity index (χ1n) is 6.06. The van der Waals surface area contributed by atoms with E-state index >= 15 is 0 Å². The van der Waals surface area contributed by atoms with Crippen LogP contribution in [0.15, 0.2) is 30.8 Å². The van der Waals surface area contributed by atoms with E-state index in [0.717, 1.165) is 11.1 Å². The summed E-state index contributed by atoms with van der Waals surface area (Å²) in [5.74, 6) is 0. The van der Waals surface area contributed by atoms with Crippen molar-refractivity contribution >= 4 is 6.08 Å². The molecule has 94 valence electrons. The number of benzene rings is 1. The van der Waals surface area contributed by atoms with Crippen LogP contribution in [0, 0.1) is 0 Å². The van der Waals surface area contributed by atoms with Gasteiger partial charge in [0.15, 0.2) is 6.29 Å². The number of ether oxygens (including phenoxy) is 2. The van der Waals surface area contributed by atoms with Gasteiger partial charge in [0.1, 0.15) is 0 Å². The standard InChI is InChI=1S/C15H22O2/c1-6-13-7-9-14(10-8-13)15(16-11(2)3)17-12(4)5/h6-12,15H,1H2,2-5H3. The normalized spacial score (nSPS) is 11.5. The van der Waals surface area contributed by atoms with Crippen molar-refractivity contribution < 1.29 is 9.47 Å². The molecule has 0 aliphatic rings. The highest BCUT2D eigenvalue weighted by atomic mass is 16.7. The van der Waals surface area contributed by atoms with Gasteiger partial charge in [-0.2, -0.15) is 0 Å². The summed E-state index contributed by atoms with van der Waals surface area (Å²) >= 11 is 0. The molecule has 1 aromatic carbocycles. The minimum Gasteiger partial charge on any atom is -0.346 e. The summed E-state index contributed by atoms with van der Waals surface area (Å²) in [6, 6.07) is 8.07. The molecule has 0 atom stereocenters. The third kappa shape index (κ3) is 4.72. The van der Waals surface area contributed by atoms with Crippen LogP contribution in [0.25, 0.3) is 6.08 Å². The molecule has 0 aliphatic carbocycles. The predicted octanol–water partition coefficient (Wildman–Crippen LogP) is 4.18. The van der Waals surface area contributed by atoms with Crippen LogP contribution in [0.4, 0.5) is 0 Å². The molecule has 0 aliphatic heterocycles. The molecule has 2 heteroatoms. The lowest BCUT2D eigenvalue weighted by molar-refractivity contribution is -0.185. The molecule has 0 spiro atoms. The molecule has 0 saturated carbocycles. The molecule has 0 radical (unpaired) electrons. The maximum Gasteiger partial charge on any atom is 0.184 e. The van der Waals surface area contributed by atoms with Crippen LogP contribution in [0.5, 0.6) is 0 Å². The zero-order chi connectivity index (χ0) is 12.8. The van der Waals surface area contributed by atoms with E-state index in [-0.39, 0.29) is 18.5 Å². The summed E-state index contributed by atoms with van der Waals surface area (Å²) in [7, 11) is 0. The van der Waals surface area contributed by atoms with Gasteiger partial charge < -0.3 is 9.47 Å². The molecular formula is C15H22O2. The topological polar surface area (TPSA) is 18.5 Å². The van der Waals surface area contributed by atoms with Crippen molar-refractivity contribution in [1.82, 2.24) is 0 Å². The van der Waals surface area contributed by atoms with Gasteiger partial charge in [-0.25, -0.2) is 0 Å². The molecule has 0 bridgehead atoms. The first kappa shape index (κ1) is 13.9. The predicted molar refractivity (Wildman–Crippen MR) is 71.7 cm³/mol. The second-order valence-electron chi connectivity index (χ2n) is 4.57. The average molecular weight is 234 g/mol. The van der Waals surface area contributed by atoms with Crippen molar-refractivity contribution in [3.8, 4) is 0 Å². The largest absolute Gasteiger partial charge is 0.346 e. The molecule has 0 aromatic heterocycles. The molecule has 1 aromatic rings. The van der Waals surface area contributed by atoms with Gasteiger partial charge >= 0.3 is 0 Å². The van der Waals surface area contributed by atoms with Gasteiger partial charge in [-0.3, -0.25) is 0 Å². The highest BCUT2D eigenvalue weighted by Gasteiger charge is 2.15. The minimum atomic E-state index is -0.297. The van der Waals surface area contributed by atoms with Crippen LogP contribution in [0.3, 0.4) is 0 Å². The Kier molecular flexibility index (Phi) is 5.39. The van der Waals surface area contributed by atoms with Crippen LogP contribution in [-0.2, 0) is 9.47 Å². The van der Waals surface area contributed by atoms with E-state index in [1.54, 1.807) is 0 Å². The van der Waals surface area contributed by atoms with E-state index in [0.29, 0.717) is 0 Å². The highest BCUT2D eigenvalue weighted by Crippen LogP contribution is 2.23. The molecule has 0 heterocycles. The Hall–Kier alpha value is -1.12. The van der Waals surface area contributed by atoms with Crippen LogP contribution in [0.1, 0.15) is 45.1 Å². The third-order valence-electron chi connectivity index (χ3n) is 2.24. The molecular weight excluding hydrogens is 212 g/mol. The van der Waals surface area contributed by atoms with Gasteiger partial charge in [0.25, 0.3) is 0 Å². The number of hydrogen-bond acceptors (Lipinski definition) is 2. The lowest BCUT2D eigenvalue weighted by atomic mass is 10.1. The summed E-state index contributed by atoms with van der Waals surface area (Å²) in [4.78, 5) is 0. The Morgan fingerprint density at radius 1 is 0.941 bits per heavy atom. The summed E-state index contributed by atoms with van der Waals surface area (Å²) in [6.07, 6.45) is 1.80. The quantitative estimate of drug-likeness (QED) is 0.687. The first-order chi connectivity index (χ1) is 8.02. The fourth-order valence-corrected chi connectivity index (χ4v) is 1.47. The van der Waals surface area contributed by atoms with E-state index in [9.17, 15) is 0 Å².